The number of nitrogens with one attached hydrogen (secondary N) is 1. The monoisotopic (exact) mass is 361 g/mol. The first-order chi connectivity index (χ1) is 13.2. The fourth-order valence-electron chi connectivity index (χ4n) is 3.23. The maximum atomic E-state index is 12.3. The van der Waals surface area contributed by atoms with Gasteiger partial charge in [0.15, 0.2) is 0 Å². The minimum absolute atomic E-state index is 0.0630. The Kier molecular flexibility index (Phi) is 5.72. The lowest BCUT2D eigenvalue weighted by Crippen LogP contribution is -2.24. The highest BCUT2D eigenvalue weighted by Crippen LogP contribution is 2.31. The zero-order valence-electron chi connectivity index (χ0n) is 15.5. The second-order valence-corrected chi connectivity index (χ2v) is 6.43. The number of aryl methyl sites for hydroxylation is 1. The van der Waals surface area contributed by atoms with Gasteiger partial charge >= 0.3 is 0 Å². The van der Waals surface area contributed by atoms with E-state index in [0.29, 0.717) is 6.54 Å². The lowest BCUT2D eigenvalue weighted by Gasteiger charge is -2.20. The summed E-state index contributed by atoms with van der Waals surface area (Å²) < 4.78 is 1.91. The molecule has 6 heteroatoms. The molecule has 3 rings (SSSR count). The van der Waals surface area contributed by atoms with Crippen LogP contribution in [0.3, 0.4) is 0 Å². The zero-order valence-corrected chi connectivity index (χ0v) is 15.5. The number of carbonyl (C=O) groups excluding carboxylic acids is 1. The Morgan fingerprint density at radius 2 is 2.04 bits per heavy atom. The second kappa shape index (κ2) is 8.37. The van der Waals surface area contributed by atoms with Crippen molar-refractivity contribution in [2.45, 2.75) is 19.8 Å². The highest BCUT2D eigenvalue weighted by Gasteiger charge is 2.24. The van der Waals surface area contributed by atoms with Crippen molar-refractivity contribution in [2.75, 3.05) is 24.5 Å². The summed E-state index contributed by atoms with van der Waals surface area (Å²) in [5, 5.41) is 16.9. The predicted molar refractivity (Wildman–Crippen MR) is 107 cm³/mol. The molecular weight excluding hydrogens is 338 g/mol. The summed E-state index contributed by atoms with van der Waals surface area (Å²) in [6, 6.07) is 11.9. The summed E-state index contributed by atoms with van der Waals surface area (Å²) in [7, 11) is 0. The number of nitrogens with zero attached hydrogens (tertiary/aromatic N) is 4. The van der Waals surface area contributed by atoms with Crippen LogP contribution in [0.25, 0.3) is 11.8 Å². The molecule has 27 heavy (non-hydrogen) atoms. The van der Waals surface area contributed by atoms with Gasteiger partial charge in [-0.1, -0.05) is 24.3 Å². The van der Waals surface area contributed by atoms with E-state index in [9.17, 15) is 10.1 Å². The van der Waals surface area contributed by atoms with Gasteiger partial charge in [0.05, 0.1) is 11.4 Å². The molecule has 0 unspecified atom stereocenters. The Labute approximate surface area is 159 Å². The number of carbonyl (C=O) groups is 1. The van der Waals surface area contributed by atoms with E-state index < -0.39 is 5.91 Å². The normalized spacial score (nSPS) is 14.1. The first-order valence-electron chi connectivity index (χ1n) is 9.06. The topological polar surface area (TPSA) is 74.0 Å². The summed E-state index contributed by atoms with van der Waals surface area (Å²) in [6.45, 7) is 7.67. The number of benzene rings is 1. The highest BCUT2D eigenvalue weighted by atomic mass is 16.1. The molecule has 138 valence electrons. The molecule has 0 aliphatic carbocycles. The first kappa shape index (κ1) is 18.5. The minimum Gasteiger partial charge on any atom is -0.356 e. The fourth-order valence-corrected chi connectivity index (χ4v) is 3.23. The summed E-state index contributed by atoms with van der Waals surface area (Å²) >= 11 is 0. The van der Waals surface area contributed by atoms with Crippen LogP contribution in [-0.4, -0.2) is 35.3 Å². The molecule has 2 aromatic rings. The molecule has 1 saturated heterocycles. The van der Waals surface area contributed by atoms with Gasteiger partial charge in [-0.15, -0.1) is 6.58 Å². The molecule has 0 bridgehead atoms. The van der Waals surface area contributed by atoms with Gasteiger partial charge in [-0.2, -0.15) is 10.4 Å². The molecule has 0 saturated carbocycles. The van der Waals surface area contributed by atoms with Gasteiger partial charge < -0.3 is 10.2 Å². The van der Waals surface area contributed by atoms with Crippen LogP contribution in [0, 0.1) is 18.3 Å². The van der Waals surface area contributed by atoms with E-state index in [1.807, 2.05) is 48.0 Å². The lowest BCUT2D eigenvalue weighted by molar-refractivity contribution is -0.116. The van der Waals surface area contributed by atoms with Crippen LogP contribution < -0.4 is 10.2 Å². The quantitative estimate of drug-likeness (QED) is 0.488. The third-order valence-corrected chi connectivity index (χ3v) is 4.55. The average Bonchev–Trinajstić information content (AvgIpc) is 3.32. The number of aromatic nitrogens is 2. The molecule has 6 nitrogen and oxygen atoms in total. The Balaban J connectivity index is 2.10. The van der Waals surface area contributed by atoms with Crippen LogP contribution in [0.1, 0.15) is 24.1 Å². The Morgan fingerprint density at radius 1 is 1.33 bits per heavy atom. The van der Waals surface area contributed by atoms with Crippen LogP contribution in [0.4, 0.5) is 5.82 Å². The van der Waals surface area contributed by atoms with Crippen LogP contribution >= 0.6 is 0 Å². The number of hydrogen-bond donors (Lipinski definition) is 1. The largest absolute Gasteiger partial charge is 0.356 e. The van der Waals surface area contributed by atoms with E-state index in [-0.39, 0.29) is 5.57 Å². The van der Waals surface area contributed by atoms with Crippen LogP contribution in [0.2, 0.25) is 0 Å². The number of nitriles is 1. The Morgan fingerprint density at radius 3 is 2.67 bits per heavy atom. The Bertz CT molecular complexity index is 899. The van der Waals surface area contributed by atoms with Crippen molar-refractivity contribution in [3.8, 4) is 11.8 Å². The van der Waals surface area contributed by atoms with Crippen LogP contribution in [-0.2, 0) is 4.79 Å². The van der Waals surface area contributed by atoms with E-state index in [4.69, 9.17) is 5.10 Å². The van der Waals surface area contributed by atoms with Crippen molar-refractivity contribution in [3.63, 3.8) is 0 Å². The van der Waals surface area contributed by atoms with Crippen molar-refractivity contribution in [2.24, 2.45) is 0 Å². The third kappa shape index (κ3) is 3.93. The van der Waals surface area contributed by atoms with Crippen LogP contribution in [0.5, 0.6) is 0 Å². The molecule has 2 heterocycles. The summed E-state index contributed by atoms with van der Waals surface area (Å²) in [6.07, 6.45) is 5.47. The Hall–Kier alpha value is -3.33. The molecule has 1 aromatic carbocycles. The molecule has 1 amide bonds. The van der Waals surface area contributed by atoms with Gasteiger partial charge in [-0.25, -0.2) is 4.68 Å². The molecular formula is C21H23N5O. The number of anilines is 1. The van der Waals surface area contributed by atoms with Crippen molar-refractivity contribution < 1.29 is 4.79 Å². The first-order valence-corrected chi connectivity index (χ1v) is 9.06. The van der Waals surface area contributed by atoms with E-state index in [1.165, 1.54) is 0 Å². The number of rotatable bonds is 6. The molecule has 0 atom stereocenters. The van der Waals surface area contributed by atoms with Gasteiger partial charge in [-0.05, 0) is 38.0 Å². The van der Waals surface area contributed by atoms with Gasteiger partial charge in [0.2, 0.25) is 0 Å². The number of amides is 1. The molecule has 1 aliphatic rings. The maximum absolute atomic E-state index is 12.3. The third-order valence-electron chi connectivity index (χ3n) is 4.55. The van der Waals surface area contributed by atoms with E-state index >= 15 is 0 Å². The highest BCUT2D eigenvalue weighted by molar-refractivity contribution is 6.02. The summed E-state index contributed by atoms with van der Waals surface area (Å²) in [5.41, 5.74) is 2.61. The van der Waals surface area contributed by atoms with Gasteiger partial charge in [0, 0.05) is 25.2 Å². The standard InChI is InChI=1S/C21H23N5O/c1-3-11-23-20(27)17(15-22)14-19-16(2)24-26(18-9-5-4-6-10-18)21(19)25-12-7-8-13-25/h3-6,9-10,14H,1,7-8,11-13H2,2H3,(H,23,27). The van der Waals surface area contributed by atoms with Gasteiger partial charge in [0.1, 0.15) is 17.5 Å². The molecule has 0 spiro atoms. The van der Waals surface area contributed by atoms with Crippen molar-refractivity contribution in [1.29, 1.82) is 5.26 Å². The van der Waals surface area contributed by atoms with Crippen molar-refractivity contribution >= 4 is 17.8 Å². The summed E-state index contributed by atoms with van der Waals surface area (Å²) in [4.78, 5) is 14.5. The van der Waals surface area contributed by atoms with E-state index in [1.54, 1.807) is 12.2 Å². The van der Waals surface area contributed by atoms with E-state index in [2.05, 4.69) is 16.8 Å². The smallest absolute Gasteiger partial charge is 0.262 e. The van der Waals surface area contributed by atoms with Gasteiger partial charge in [-0.3, -0.25) is 4.79 Å². The lowest BCUT2D eigenvalue weighted by atomic mass is 10.1. The molecule has 0 radical (unpaired) electrons. The molecule has 1 N–H and O–H groups in total. The van der Waals surface area contributed by atoms with Crippen LogP contribution in [0.15, 0.2) is 48.6 Å². The predicted octanol–water partition coefficient (Wildman–Crippen LogP) is 2.99. The second-order valence-electron chi connectivity index (χ2n) is 6.43. The average molecular weight is 361 g/mol. The maximum Gasteiger partial charge on any atom is 0.262 e. The minimum atomic E-state index is -0.406. The fraction of sp³-hybridized carbons (Fsp3) is 0.286. The van der Waals surface area contributed by atoms with E-state index in [0.717, 1.165) is 48.7 Å². The summed E-state index contributed by atoms with van der Waals surface area (Å²) in [5.74, 6) is 0.525. The number of hydrogen-bond acceptors (Lipinski definition) is 4. The van der Waals surface area contributed by atoms with Gasteiger partial charge in [0.25, 0.3) is 5.91 Å². The SMILES string of the molecule is C=CCNC(=O)C(C#N)=Cc1c(C)nn(-c2ccccc2)c1N1CCCC1. The van der Waals surface area contributed by atoms with Crippen molar-refractivity contribution in [3.05, 3.63) is 59.8 Å². The molecule has 1 aliphatic heterocycles. The number of para-hydroxylation sites is 1. The zero-order chi connectivity index (χ0) is 19.2. The molecule has 1 fully saturated rings. The molecule has 1 aromatic heterocycles. The van der Waals surface area contributed by atoms with Crippen molar-refractivity contribution in [1.82, 2.24) is 15.1 Å².